The standard InChI is InChI=1S/C11H18N2O2/c1-4-5-6-15-11(14)7-10-8(2)12-13-9(10)3/h4-7H2,1-3H3,(H,12,13). The van der Waals surface area contributed by atoms with Crippen molar-refractivity contribution in [2.45, 2.75) is 40.0 Å². The Labute approximate surface area is 90.0 Å². The molecule has 0 unspecified atom stereocenters. The molecule has 1 rings (SSSR count). The Morgan fingerprint density at radius 2 is 2.20 bits per heavy atom. The first-order chi connectivity index (χ1) is 7.15. The van der Waals surface area contributed by atoms with Crippen molar-refractivity contribution in [3.8, 4) is 0 Å². The topological polar surface area (TPSA) is 55.0 Å². The fourth-order valence-electron chi connectivity index (χ4n) is 1.36. The molecule has 0 aliphatic heterocycles. The zero-order valence-electron chi connectivity index (χ0n) is 9.59. The maximum atomic E-state index is 11.4. The van der Waals surface area contributed by atoms with Gasteiger partial charge in [-0.05, 0) is 20.3 Å². The van der Waals surface area contributed by atoms with Crippen LogP contribution in [-0.2, 0) is 16.0 Å². The van der Waals surface area contributed by atoms with Gasteiger partial charge in [0.15, 0.2) is 0 Å². The average molecular weight is 210 g/mol. The fraction of sp³-hybridized carbons (Fsp3) is 0.636. The van der Waals surface area contributed by atoms with E-state index in [1.165, 1.54) is 0 Å². The predicted octanol–water partition coefficient (Wildman–Crippen LogP) is 1.91. The molecule has 1 aromatic heterocycles. The lowest BCUT2D eigenvalue weighted by atomic mass is 10.1. The maximum Gasteiger partial charge on any atom is 0.310 e. The number of unbranched alkanes of at least 4 members (excludes halogenated alkanes) is 1. The maximum absolute atomic E-state index is 11.4. The molecule has 15 heavy (non-hydrogen) atoms. The summed E-state index contributed by atoms with van der Waals surface area (Å²) in [5, 5.41) is 6.88. The molecule has 0 spiro atoms. The van der Waals surface area contributed by atoms with Crippen LogP contribution < -0.4 is 0 Å². The minimum Gasteiger partial charge on any atom is -0.465 e. The number of nitrogens with zero attached hydrogens (tertiary/aromatic N) is 1. The van der Waals surface area contributed by atoms with Crippen molar-refractivity contribution in [3.05, 3.63) is 17.0 Å². The third-order valence-corrected chi connectivity index (χ3v) is 2.36. The van der Waals surface area contributed by atoms with Crippen molar-refractivity contribution >= 4 is 5.97 Å². The van der Waals surface area contributed by atoms with Gasteiger partial charge in [-0.15, -0.1) is 0 Å². The second kappa shape index (κ2) is 5.53. The van der Waals surface area contributed by atoms with E-state index < -0.39 is 0 Å². The Morgan fingerprint density at radius 1 is 1.47 bits per heavy atom. The van der Waals surface area contributed by atoms with Crippen molar-refractivity contribution in [1.82, 2.24) is 10.2 Å². The summed E-state index contributed by atoms with van der Waals surface area (Å²) in [6.07, 6.45) is 2.28. The van der Waals surface area contributed by atoms with E-state index in [2.05, 4.69) is 17.1 Å². The second-order valence-corrected chi connectivity index (χ2v) is 3.66. The number of esters is 1. The van der Waals surface area contributed by atoms with Crippen LogP contribution >= 0.6 is 0 Å². The second-order valence-electron chi connectivity index (χ2n) is 3.66. The lowest BCUT2D eigenvalue weighted by Gasteiger charge is -2.03. The number of carbonyl (C=O) groups is 1. The van der Waals surface area contributed by atoms with E-state index in [1.54, 1.807) is 0 Å². The quantitative estimate of drug-likeness (QED) is 0.596. The van der Waals surface area contributed by atoms with Gasteiger partial charge in [-0.2, -0.15) is 5.10 Å². The van der Waals surface area contributed by atoms with E-state index in [0.29, 0.717) is 13.0 Å². The number of nitrogens with one attached hydrogen (secondary N) is 1. The molecule has 0 amide bonds. The molecule has 1 N–H and O–H groups in total. The largest absolute Gasteiger partial charge is 0.465 e. The molecule has 0 aliphatic carbocycles. The molecule has 0 atom stereocenters. The van der Waals surface area contributed by atoms with E-state index in [0.717, 1.165) is 29.8 Å². The van der Waals surface area contributed by atoms with Crippen LogP contribution in [0.15, 0.2) is 0 Å². The third kappa shape index (κ3) is 3.38. The van der Waals surface area contributed by atoms with Crippen molar-refractivity contribution < 1.29 is 9.53 Å². The molecule has 0 radical (unpaired) electrons. The highest BCUT2D eigenvalue weighted by Crippen LogP contribution is 2.10. The van der Waals surface area contributed by atoms with E-state index >= 15 is 0 Å². The molecule has 84 valence electrons. The number of H-pyrrole nitrogens is 1. The van der Waals surface area contributed by atoms with Crippen LogP contribution in [0.4, 0.5) is 0 Å². The summed E-state index contributed by atoms with van der Waals surface area (Å²) in [7, 11) is 0. The average Bonchev–Trinajstić information content (AvgIpc) is 2.50. The first-order valence-corrected chi connectivity index (χ1v) is 5.31. The SMILES string of the molecule is CCCCOC(=O)Cc1c(C)n[nH]c1C. The van der Waals surface area contributed by atoms with Gasteiger partial charge in [0.1, 0.15) is 0 Å². The van der Waals surface area contributed by atoms with Gasteiger partial charge in [-0.1, -0.05) is 13.3 Å². The van der Waals surface area contributed by atoms with E-state index in [-0.39, 0.29) is 5.97 Å². The van der Waals surface area contributed by atoms with Crippen LogP contribution in [0, 0.1) is 13.8 Å². The van der Waals surface area contributed by atoms with Gasteiger partial charge in [0.25, 0.3) is 0 Å². The van der Waals surface area contributed by atoms with Crippen LogP contribution in [0.2, 0.25) is 0 Å². The monoisotopic (exact) mass is 210 g/mol. The number of aromatic nitrogens is 2. The third-order valence-electron chi connectivity index (χ3n) is 2.36. The molecule has 0 aliphatic rings. The molecule has 0 saturated heterocycles. The summed E-state index contributed by atoms with van der Waals surface area (Å²) in [4.78, 5) is 11.4. The van der Waals surface area contributed by atoms with Crippen molar-refractivity contribution in [3.63, 3.8) is 0 Å². The lowest BCUT2D eigenvalue weighted by Crippen LogP contribution is -2.10. The molecular weight excluding hydrogens is 192 g/mol. The van der Waals surface area contributed by atoms with Crippen molar-refractivity contribution in [1.29, 1.82) is 0 Å². The van der Waals surface area contributed by atoms with Crippen LogP contribution in [0.25, 0.3) is 0 Å². The molecule has 4 heteroatoms. The minimum absolute atomic E-state index is 0.170. The zero-order chi connectivity index (χ0) is 11.3. The van der Waals surface area contributed by atoms with E-state index in [9.17, 15) is 4.79 Å². The van der Waals surface area contributed by atoms with E-state index in [4.69, 9.17) is 4.74 Å². The highest BCUT2D eigenvalue weighted by Gasteiger charge is 2.11. The molecule has 4 nitrogen and oxygen atoms in total. The number of rotatable bonds is 5. The van der Waals surface area contributed by atoms with Crippen molar-refractivity contribution in [2.24, 2.45) is 0 Å². The summed E-state index contributed by atoms with van der Waals surface area (Å²) >= 11 is 0. The molecule has 0 saturated carbocycles. The number of hydrogen-bond acceptors (Lipinski definition) is 3. The van der Waals surface area contributed by atoms with Crippen LogP contribution in [0.3, 0.4) is 0 Å². The van der Waals surface area contributed by atoms with Gasteiger partial charge in [-0.3, -0.25) is 9.89 Å². The Balaban J connectivity index is 2.44. The first kappa shape index (κ1) is 11.8. The normalized spacial score (nSPS) is 10.3. The van der Waals surface area contributed by atoms with E-state index in [1.807, 2.05) is 13.8 Å². The lowest BCUT2D eigenvalue weighted by molar-refractivity contribution is -0.142. The van der Waals surface area contributed by atoms with Crippen LogP contribution in [-0.4, -0.2) is 22.8 Å². The molecule has 1 heterocycles. The number of aryl methyl sites for hydroxylation is 2. The molecular formula is C11H18N2O2. The van der Waals surface area contributed by atoms with Gasteiger partial charge in [-0.25, -0.2) is 0 Å². The van der Waals surface area contributed by atoms with Gasteiger partial charge >= 0.3 is 5.97 Å². The fourth-order valence-corrected chi connectivity index (χ4v) is 1.36. The summed E-state index contributed by atoms with van der Waals surface area (Å²) in [5.41, 5.74) is 2.77. The number of aromatic amines is 1. The summed E-state index contributed by atoms with van der Waals surface area (Å²) in [6, 6.07) is 0. The van der Waals surface area contributed by atoms with Crippen LogP contribution in [0.1, 0.15) is 36.7 Å². The van der Waals surface area contributed by atoms with Gasteiger partial charge in [0, 0.05) is 11.3 Å². The predicted molar refractivity (Wildman–Crippen MR) is 57.6 cm³/mol. The van der Waals surface area contributed by atoms with Gasteiger partial charge in [0.2, 0.25) is 0 Å². The Kier molecular flexibility index (Phi) is 4.34. The number of carbonyl (C=O) groups excluding carboxylic acids is 1. The Hall–Kier alpha value is -1.32. The van der Waals surface area contributed by atoms with Gasteiger partial charge < -0.3 is 4.74 Å². The molecule has 0 fully saturated rings. The summed E-state index contributed by atoms with van der Waals surface area (Å²) in [6.45, 7) is 6.39. The smallest absolute Gasteiger partial charge is 0.310 e. The molecule has 0 aromatic carbocycles. The minimum atomic E-state index is -0.170. The highest BCUT2D eigenvalue weighted by molar-refractivity contribution is 5.73. The molecule has 1 aromatic rings. The summed E-state index contributed by atoms with van der Waals surface area (Å²) < 4.78 is 5.09. The number of ether oxygens (including phenoxy) is 1. The number of hydrogen-bond donors (Lipinski definition) is 1. The zero-order valence-corrected chi connectivity index (χ0v) is 9.59. The Bertz CT molecular complexity index is 312. The highest BCUT2D eigenvalue weighted by atomic mass is 16.5. The van der Waals surface area contributed by atoms with Crippen LogP contribution in [0.5, 0.6) is 0 Å². The Morgan fingerprint density at radius 3 is 2.73 bits per heavy atom. The molecule has 0 bridgehead atoms. The van der Waals surface area contributed by atoms with Crippen molar-refractivity contribution in [2.75, 3.05) is 6.61 Å². The first-order valence-electron chi connectivity index (χ1n) is 5.31. The van der Waals surface area contributed by atoms with Gasteiger partial charge in [0.05, 0.1) is 18.7 Å². The summed E-state index contributed by atoms with van der Waals surface area (Å²) in [5.74, 6) is -0.170.